The van der Waals surface area contributed by atoms with Gasteiger partial charge in [-0.25, -0.2) is 0 Å². The second-order valence-electron chi connectivity index (χ2n) is 3.44. The molecule has 2 aromatic carbocycles. The third-order valence-electron chi connectivity index (χ3n) is 2.48. The van der Waals surface area contributed by atoms with E-state index in [9.17, 15) is 13.2 Å². The molecule has 0 atom stereocenters. The van der Waals surface area contributed by atoms with Gasteiger partial charge in [-0.05, 0) is 22.4 Å². The van der Waals surface area contributed by atoms with Crippen LogP contribution in [0.3, 0.4) is 0 Å². The van der Waals surface area contributed by atoms with E-state index in [1.54, 1.807) is 12.1 Å². The highest BCUT2D eigenvalue weighted by Gasteiger charge is 2.33. The van der Waals surface area contributed by atoms with Crippen molar-refractivity contribution in [2.45, 2.75) is 11.5 Å². The monoisotopic (exact) mass is 288 g/mol. The molecule has 84 valence electrons. The minimum absolute atomic E-state index is 0.198. The zero-order valence-corrected chi connectivity index (χ0v) is 9.77. The molecule has 0 nitrogen and oxygen atoms in total. The molecule has 0 fully saturated rings. The Kier molecular flexibility index (Phi) is 2.93. The molecule has 16 heavy (non-hydrogen) atoms. The molecule has 0 N–H and O–H groups in total. The van der Waals surface area contributed by atoms with Crippen LogP contribution in [0.15, 0.2) is 36.4 Å². The first-order valence-electron chi connectivity index (χ1n) is 4.68. The van der Waals surface area contributed by atoms with Crippen LogP contribution in [-0.4, -0.2) is 0 Å². The average Bonchev–Trinajstić information content (AvgIpc) is 2.26. The van der Waals surface area contributed by atoms with Gasteiger partial charge in [0.15, 0.2) is 0 Å². The van der Waals surface area contributed by atoms with Crippen LogP contribution in [0.2, 0.25) is 0 Å². The highest BCUT2D eigenvalue weighted by molar-refractivity contribution is 9.08. The van der Waals surface area contributed by atoms with E-state index < -0.39 is 11.7 Å². The highest BCUT2D eigenvalue weighted by Crippen LogP contribution is 2.36. The van der Waals surface area contributed by atoms with Crippen LogP contribution in [0.25, 0.3) is 10.8 Å². The summed E-state index contributed by atoms with van der Waals surface area (Å²) < 4.78 is 38.2. The van der Waals surface area contributed by atoms with E-state index in [2.05, 4.69) is 15.9 Å². The van der Waals surface area contributed by atoms with Crippen LogP contribution in [-0.2, 0) is 11.5 Å². The topological polar surface area (TPSA) is 0 Å². The van der Waals surface area contributed by atoms with Crippen LogP contribution in [0.1, 0.15) is 11.1 Å². The molecule has 0 unspecified atom stereocenters. The van der Waals surface area contributed by atoms with Gasteiger partial charge in [-0.1, -0.05) is 46.3 Å². The summed E-state index contributed by atoms with van der Waals surface area (Å²) in [4.78, 5) is 0. The Labute approximate surface area is 99.2 Å². The number of hydrogen-bond donors (Lipinski definition) is 0. The number of hydrogen-bond acceptors (Lipinski definition) is 0. The van der Waals surface area contributed by atoms with Gasteiger partial charge in [-0.15, -0.1) is 0 Å². The van der Waals surface area contributed by atoms with Crippen LogP contribution < -0.4 is 0 Å². The summed E-state index contributed by atoms with van der Waals surface area (Å²) >= 11 is 3.12. The maximum Gasteiger partial charge on any atom is 0.416 e. The Balaban J connectivity index is 2.78. The summed E-state index contributed by atoms with van der Waals surface area (Å²) in [6, 6.07) is 9.72. The fourth-order valence-corrected chi connectivity index (χ4v) is 2.35. The molecule has 2 aromatic rings. The lowest BCUT2D eigenvalue weighted by Crippen LogP contribution is -2.08. The summed E-state index contributed by atoms with van der Waals surface area (Å²) in [6.45, 7) is 0. The number of rotatable bonds is 1. The number of alkyl halides is 4. The van der Waals surface area contributed by atoms with Crippen molar-refractivity contribution >= 4 is 26.7 Å². The average molecular weight is 289 g/mol. The van der Waals surface area contributed by atoms with Gasteiger partial charge in [0, 0.05) is 5.33 Å². The van der Waals surface area contributed by atoms with E-state index in [4.69, 9.17) is 0 Å². The fourth-order valence-electron chi connectivity index (χ4n) is 1.75. The van der Waals surface area contributed by atoms with E-state index in [0.717, 1.165) is 11.5 Å². The lowest BCUT2D eigenvalue weighted by molar-refractivity contribution is -0.137. The quantitative estimate of drug-likeness (QED) is 0.664. The molecule has 0 aliphatic rings. The molecule has 0 saturated carbocycles. The molecule has 0 spiro atoms. The highest BCUT2D eigenvalue weighted by atomic mass is 79.9. The van der Waals surface area contributed by atoms with Gasteiger partial charge in [0.1, 0.15) is 0 Å². The van der Waals surface area contributed by atoms with Gasteiger partial charge in [0.05, 0.1) is 5.56 Å². The first kappa shape index (κ1) is 11.5. The SMILES string of the molecule is FC(F)(F)c1ccc2ccccc2c1CBr. The Bertz CT molecular complexity index is 517. The van der Waals surface area contributed by atoms with Crippen LogP contribution >= 0.6 is 15.9 Å². The van der Waals surface area contributed by atoms with Crippen molar-refractivity contribution in [3.05, 3.63) is 47.5 Å². The molecular formula is C12H8BrF3. The van der Waals surface area contributed by atoms with Gasteiger partial charge in [-0.2, -0.15) is 13.2 Å². The summed E-state index contributed by atoms with van der Waals surface area (Å²) in [6.07, 6.45) is -4.30. The molecule has 0 radical (unpaired) electrons. The molecule has 0 aromatic heterocycles. The normalized spacial score (nSPS) is 12.0. The van der Waals surface area contributed by atoms with Gasteiger partial charge >= 0.3 is 6.18 Å². The minimum atomic E-state index is -4.30. The van der Waals surface area contributed by atoms with E-state index in [0.29, 0.717) is 10.9 Å². The van der Waals surface area contributed by atoms with Gasteiger partial charge in [0.25, 0.3) is 0 Å². The molecule has 0 aliphatic heterocycles. The molecule has 0 bridgehead atoms. The molecule has 0 aliphatic carbocycles. The molecule has 0 amide bonds. The second-order valence-corrected chi connectivity index (χ2v) is 4.00. The predicted octanol–water partition coefficient (Wildman–Crippen LogP) is 4.75. The Morgan fingerprint density at radius 3 is 2.31 bits per heavy atom. The molecule has 0 heterocycles. The van der Waals surface area contributed by atoms with Gasteiger partial charge < -0.3 is 0 Å². The maximum atomic E-state index is 12.7. The molecule has 2 rings (SSSR count). The van der Waals surface area contributed by atoms with Crippen molar-refractivity contribution in [3.63, 3.8) is 0 Å². The Hall–Kier alpha value is -1.03. The first-order valence-corrected chi connectivity index (χ1v) is 5.80. The zero-order chi connectivity index (χ0) is 11.8. The third-order valence-corrected chi connectivity index (χ3v) is 3.04. The van der Waals surface area contributed by atoms with Crippen LogP contribution in [0.4, 0.5) is 13.2 Å². The summed E-state index contributed by atoms with van der Waals surface area (Å²) in [7, 11) is 0. The standard InChI is InChI=1S/C12H8BrF3/c13-7-10-9-4-2-1-3-8(9)5-6-11(10)12(14,15)16/h1-6H,7H2. The summed E-state index contributed by atoms with van der Waals surface area (Å²) in [5, 5.41) is 1.67. The van der Waals surface area contributed by atoms with E-state index in [1.807, 2.05) is 12.1 Å². The maximum absolute atomic E-state index is 12.7. The Morgan fingerprint density at radius 1 is 1.00 bits per heavy atom. The van der Waals surface area contributed by atoms with Crippen LogP contribution in [0.5, 0.6) is 0 Å². The summed E-state index contributed by atoms with van der Waals surface area (Å²) in [5.41, 5.74) is -0.270. The van der Waals surface area contributed by atoms with Gasteiger partial charge in [-0.3, -0.25) is 0 Å². The molecule has 0 saturated heterocycles. The number of fused-ring (bicyclic) bond motifs is 1. The van der Waals surface area contributed by atoms with Crippen molar-refractivity contribution in [1.82, 2.24) is 0 Å². The van der Waals surface area contributed by atoms with Crippen molar-refractivity contribution < 1.29 is 13.2 Å². The van der Waals surface area contributed by atoms with Crippen molar-refractivity contribution in [2.24, 2.45) is 0 Å². The number of benzene rings is 2. The van der Waals surface area contributed by atoms with E-state index in [1.165, 1.54) is 6.07 Å². The first-order chi connectivity index (χ1) is 7.54. The van der Waals surface area contributed by atoms with E-state index in [-0.39, 0.29) is 5.33 Å². The third kappa shape index (κ3) is 1.94. The zero-order valence-electron chi connectivity index (χ0n) is 8.18. The summed E-state index contributed by atoms with van der Waals surface area (Å²) in [5.74, 6) is 0. The van der Waals surface area contributed by atoms with Crippen molar-refractivity contribution in [2.75, 3.05) is 0 Å². The smallest absolute Gasteiger partial charge is 0.166 e. The molecule has 4 heteroatoms. The Morgan fingerprint density at radius 2 is 1.69 bits per heavy atom. The minimum Gasteiger partial charge on any atom is -0.166 e. The number of halogens is 4. The van der Waals surface area contributed by atoms with Crippen molar-refractivity contribution in [1.29, 1.82) is 0 Å². The largest absolute Gasteiger partial charge is 0.416 e. The lowest BCUT2D eigenvalue weighted by Gasteiger charge is -2.13. The lowest BCUT2D eigenvalue weighted by atomic mass is 10.00. The van der Waals surface area contributed by atoms with Crippen molar-refractivity contribution in [3.8, 4) is 0 Å². The fraction of sp³-hybridized carbons (Fsp3) is 0.167. The van der Waals surface area contributed by atoms with Gasteiger partial charge in [0.2, 0.25) is 0 Å². The predicted molar refractivity (Wildman–Crippen MR) is 61.6 cm³/mol. The van der Waals surface area contributed by atoms with Crippen LogP contribution in [0, 0.1) is 0 Å². The second kappa shape index (κ2) is 4.09. The van der Waals surface area contributed by atoms with E-state index >= 15 is 0 Å². The molecular weight excluding hydrogens is 281 g/mol.